The van der Waals surface area contributed by atoms with E-state index >= 15 is 0 Å². The molecule has 0 atom stereocenters. The van der Waals surface area contributed by atoms with Crippen molar-refractivity contribution in [2.75, 3.05) is 13.1 Å². The highest BCUT2D eigenvalue weighted by Gasteiger charge is 2.20. The lowest BCUT2D eigenvalue weighted by atomic mass is 9.83. The molecule has 1 aliphatic rings. The van der Waals surface area contributed by atoms with Crippen LogP contribution >= 0.6 is 12.2 Å². The number of carbonyl (C=O) groups excluding carboxylic acids is 2. The second-order valence-corrected chi connectivity index (χ2v) is 5.51. The highest BCUT2D eigenvalue weighted by molar-refractivity contribution is 7.80. The molecule has 0 bridgehead atoms. The monoisotopic (exact) mass is 271 g/mol. The molecule has 1 fully saturated rings. The van der Waals surface area contributed by atoms with E-state index in [1.807, 2.05) is 0 Å². The summed E-state index contributed by atoms with van der Waals surface area (Å²) in [5.74, 6) is -0.00352. The molecular formula is C12H21N3O2S. The van der Waals surface area contributed by atoms with Crippen molar-refractivity contribution in [2.24, 2.45) is 17.6 Å². The number of carbonyl (C=O) groups is 2. The number of rotatable bonds is 4. The Morgan fingerprint density at radius 2 is 1.72 bits per heavy atom. The van der Waals surface area contributed by atoms with Gasteiger partial charge in [0.15, 0.2) is 0 Å². The van der Waals surface area contributed by atoms with E-state index in [1.165, 1.54) is 12.8 Å². The molecule has 0 aromatic carbocycles. The van der Waals surface area contributed by atoms with Gasteiger partial charge in [-0.25, -0.2) is 0 Å². The van der Waals surface area contributed by atoms with E-state index in [2.05, 4.69) is 29.8 Å². The summed E-state index contributed by atoms with van der Waals surface area (Å²) < 4.78 is 0. The van der Waals surface area contributed by atoms with Crippen LogP contribution < -0.4 is 16.4 Å². The maximum Gasteiger partial charge on any atom is 0.309 e. The minimum atomic E-state index is -0.674. The van der Waals surface area contributed by atoms with E-state index in [4.69, 9.17) is 5.73 Å². The first-order chi connectivity index (χ1) is 8.49. The molecule has 6 heteroatoms. The number of thiocarbonyl (C=S) groups is 1. The number of amides is 2. The minimum absolute atomic E-state index is 0.0581. The maximum absolute atomic E-state index is 11.5. The van der Waals surface area contributed by atoms with Crippen LogP contribution in [-0.2, 0) is 9.59 Å². The highest BCUT2D eigenvalue weighted by Crippen LogP contribution is 2.27. The average molecular weight is 271 g/mol. The van der Waals surface area contributed by atoms with E-state index in [9.17, 15) is 9.59 Å². The first-order valence-corrected chi connectivity index (χ1v) is 6.74. The molecule has 102 valence electrons. The van der Waals surface area contributed by atoms with Crippen molar-refractivity contribution < 1.29 is 9.59 Å². The predicted molar refractivity (Wildman–Crippen MR) is 73.9 cm³/mol. The number of nitrogens with one attached hydrogen (secondary N) is 2. The number of nitrogens with two attached hydrogens (primary N) is 1. The second-order valence-electron chi connectivity index (χ2n) is 4.98. The summed E-state index contributed by atoms with van der Waals surface area (Å²) in [5, 5.41) is 5.02. The van der Waals surface area contributed by atoms with Crippen molar-refractivity contribution >= 4 is 29.0 Å². The van der Waals surface area contributed by atoms with Gasteiger partial charge < -0.3 is 16.4 Å². The van der Waals surface area contributed by atoms with E-state index in [0.717, 1.165) is 18.8 Å². The van der Waals surface area contributed by atoms with Gasteiger partial charge in [0.1, 0.15) is 0 Å². The zero-order valence-electron chi connectivity index (χ0n) is 10.7. The van der Waals surface area contributed by atoms with Gasteiger partial charge in [0.2, 0.25) is 0 Å². The molecule has 0 aromatic heterocycles. The summed E-state index contributed by atoms with van der Waals surface area (Å²) in [6, 6.07) is 0. The van der Waals surface area contributed by atoms with E-state index in [0.29, 0.717) is 12.5 Å². The summed E-state index contributed by atoms with van der Waals surface area (Å²) in [7, 11) is 0. The van der Waals surface area contributed by atoms with E-state index in [1.54, 1.807) is 0 Å². The van der Waals surface area contributed by atoms with Gasteiger partial charge in [0, 0.05) is 6.54 Å². The van der Waals surface area contributed by atoms with Crippen LogP contribution in [0, 0.1) is 11.8 Å². The normalized spacial score (nSPS) is 23.2. The first-order valence-electron chi connectivity index (χ1n) is 6.33. The Hall–Kier alpha value is -1.17. The van der Waals surface area contributed by atoms with Gasteiger partial charge in [-0.05, 0) is 24.7 Å². The quantitative estimate of drug-likeness (QED) is 0.508. The van der Waals surface area contributed by atoms with E-state index < -0.39 is 11.8 Å². The molecule has 5 nitrogen and oxygen atoms in total. The molecule has 1 aliphatic carbocycles. The summed E-state index contributed by atoms with van der Waals surface area (Å²) >= 11 is 4.61. The topological polar surface area (TPSA) is 84.2 Å². The van der Waals surface area contributed by atoms with Crippen LogP contribution in [0.25, 0.3) is 0 Å². The highest BCUT2D eigenvalue weighted by atomic mass is 32.1. The molecule has 1 saturated carbocycles. The SMILES string of the molecule is CC1CCC(CNC(=O)C(=O)NCC(N)=S)CC1. The van der Waals surface area contributed by atoms with Crippen molar-refractivity contribution in [1.82, 2.24) is 10.6 Å². The van der Waals surface area contributed by atoms with Gasteiger partial charge in [-0.2, -0.15) is 0 Å². The number of hydrogen-bond donors (Lipinski definition) is 3. The van der Waals surface area contributed by atoms with Crippen LogP contribution in [0.2, 0.25) is 0 Å². The van der Waals surface area contributed by atoms with Crippen molar-refractivity contribution in [3.63, 3.8) is 0 Å². The van der Waals surface area contributed by atoms with Crippen molar-refractivity contribution in [2.45, 2.75) is 32.6 Å². The lowest BCUT2D eigenvalue weighted by Crippen LogP contribution is -2.44. The maximum atomic E-state index is 11.5. The molecule has 0 unspecified atom stereocenters. The Labute approximate surface area is 113 Å². The molecule has 18 heavy (non-hydrogen) atoms. The molecule has 0 aliphatic heterocycles. The van der Waals surface area contributed by atoms with Crippen LogP contribution in [0.4, 0.5) is 0 Å². The fraction of sp³-hybridized carbons (Fsp3) is 0.750. The van der Waals surface area contributed by atoms with Crippen LogP contribution in [-0.4, -0.2) is 29.9 Å². The predicted octanol–water partition coefficient (Wildman–Crippen LogP) is 0.331. The first kappa shape index (κ1) is 14.9. The molecule has 0 aromatic rings. The summed E-state index contributed by atoms with van der Waals surface area (Å²) in [6.45, 7) is 2.88. The molecule has 0 spiro atoms. The lowest BCUT2D eigenvalue weighted by molar-refractivity contribution is -0.139. The van der Waals surface area contributed by atoms with E-state index in [-0.39, 0.29) is 11.5 Å². The van der Waals surface area contributed by atoms with Crippen LogP contribution in [0.3, 0.4) is 0 Å². The van der Waals surface area contributed by atoms with Gasteiger partial charge in [0.05, 0.1) is 11.5 Å². The summed E-state index contributed by atoms with van der Waals surface area (Å²) in [5.41, 5.74) is 5.23. The van der Waals surface area contributed by atoms with Gasteiger partial charge in [-0.15, -0.1) is 0 Å². The smallest absolute Gasteiger partial charge is 0.309 e. The summed E-state index contributed by atoms with van der Waals surface area (Å²) in [4.78, 5) is 23.0. The molecule has 0 radical (unpaired) electrons. The average Bonchev–Trinajstić information content (AvgIpc) is 2.34. The third-order valence-corrected chi connectivity index (χ3v) is 3.46. The molecule has 0 saturated heterocycles. The Morgan fingerprint density at radius 3 is 2.28 bits per heavy atom. The number of hydrogen-bond acceptors (Lipinski definition) is 3. The van der Waals surface area contributed by atoms with Gasteiger partial charge in [-0.1, -0.05) is 32.0 Å². The van der Waals surface area contributed by atoms with Gasteiger partial charge >= 0.3 is 11.8 Å². The molecular weight excluding hydrogens is 250 g/mol. The van der Waals surface area contributed by atoms with Crippen LogP contribution in [0.15, 0.2) is 0 Å². The Kier molecular flexibility index (Phi) is 6.04. The second kappa shape index (κ2) is 7.31. The van der Waals surface area contributed by atoms with Gasteiger partial charge in [-0.3, -0.25) is 9.59 Å². The Balaban J connectivity index is 2.20. The largest absolute Gasteiger partial charge is 0.392 e. The van der Waals surface area contributed by atoms with Gasteiger partial charge in [0.25, 0.3) is 0 Å². The zero-order chi connectivity index (χ0) is 13.5. The van der Waals surface area contributed by atoms with Crippen molar-refractivity contribution in [3.8, 4) is 0 Å². The molecule has 4 N–H and O–H groups in total. The van der Waals surface area contributed by atoms with Crippen LogP contribution in [0.5, 0.6) is 0 Å². The van der Waals surface area contributed by atoms with Crippen LogP contribution in [0.1, 0.15) is 32.6 Å². The fourth-order valence-corrected chi connectivity index (χ4v) is 2.17. The Bertz CT molecular complexity index is 325. The third kappa shape index (κ3) is 5.44. The van der Waals surface area contributed by atoms with Crippen molar-refractivity contribution in [1.29, 1.82) is 0 Å². The minimum Gasteiger partial charge on any atom is -0.392 e. The molecule has 2 amide bonds. The molecule has 1 rings (SSSR count). The Morgan fingerprint density at radius 1 is 1.17 bits per heavy atom. The standard InChI is InChI=1S/C12H21N3O2S/c1-8-2-4-9(5-3-8)6-14-11(16)12(17)15-7-10(13)18/h8-9H,2-7H2,1H3,(H2,13,18)(H,14,16)(H,15,17). The zero-order valence-corrected chi connectivity index (χ0v) is 11.5. The fourth-order valence-electron chi connectivity index (χ4n) is 2.10. The van der Waals surface area contributed by atoms with Crippen molar-refractivity contribution in [3.05, 3.63) is 0 Å². The summed E-state index contributed by atoms with van der Waals surface area (Å²) in [6.07, 6.45) is 4.65. The lowest BCUT2D eigenvalue weighted by Gasteiger charge is -2.26. The third-order valence-electron chi connectivity index (χ3n) is 3.32. The molecule has 0 heterocycles.